The predicted octanol–water partition coefficient (Wildman–Crippen LogP) is 1.27. The number of carbonyl (C=O) groups is 2. The van der Waals surface area contributed by atoms with Crippen LogP contribution in [0.5, 0.6) is 5.75 Å². The van der Waals surface area contributed by atoms with Gasteiger partial charge in [-0.3, -0.25) is 0 Å². The molecular weight excluding hydrogens is 232 g/mol. The fourth-order valence-corrected chi connectivity index (χ4v) is 1.49. The molecule has 0 saturated heterocycles. The van der Waals surface area contributed by atoms with E-state index in [9.17, 15) is 14.7 Å². The zero-order chi connectivity index (χ0) is 13.0. The van der Waals surface area contributed by atoms with E-state index < -0.39 is 11.9 Å². The van der Waals surface area contributed by atoms with Gasteiger partial charge in [0.15, 0.2) is 0 Å². The summed E-state index contributed by atoms with van der Waals surface area (Å²) < 4.78 is 5.06. The summed E-state index contributed by atoms with van der Waals surface area (Å²) in [5.74, 6) is -1.77. The van der Waals surface area contributed by atoms with Gasteiger partial charge in [0, 0.05) is 5.56 Å². The summed E-state index contributed by atoms with van der Waals surface area (Å²) in [6, 6.07) is 14.2. The smallest absolute Gasteiger partial charge is 0.344 e. The number of carbonyl (C=O) groups excluding carboxylic acids is 2. The summed E-state index contributed by atoms with van der Waals surface area (Å²) in [6.45, 7) is 0. The van der Waals surface area contributed by atoms with Crippen molar-refractivity contribution in [2.45, 2.75) is 0 Å². The number of para-hydroxylation sites is 1. The highest BCUT2D eigenvalue weighted by Gasteiger charge is 2.13. The number of benzene rings is 2. The Balaban J connectivity index is 2.27. The van der Waals surface area contributed by atoms with Gasteiger partial charge in [0.1, 0.15) is 5.75 Å². The molecule has 0 fully saturated rings. The first-order chi connectivity index (χ1) is 8.68. The van der Waals surface area contributed by atoms with Gasteiger partial charge in [-0.25, -0.2) is 4.79 Å². The Kier molecular flexibility index (Phi) is 3.38. The minimum atomic E-state index is -1.41. The van der Waals surface area contributed by atoms with Gasteiger partial charge in [-0.05, 0) is 18.2 Å². The molecule has 0 spiro atoms. The number of esters is 1. The van der Waals surface area contributed by atoms with Crippen LogP contribution in [0.4, 0.5) is 0 Å². The Morgan fingerprint density at radius 3 is 2.00 bits per heavy atom. The monoisotopic (exact) mass is 241 g/mol. The molecule has 0 bridgehead atoms. The van der Waals surface area contributed by atoms with Crippen LogP contribution in [0.15, 0.2) is 54.6 Å². The van der Waals surface area contributed by atoms with E-state index in [-0.39, 0.29) is 11.1 Å². The summed E-state index contributed by atoms with van der Waals surface area (Å²) in [5.41, 5.74) is -0.209. The van der Waals surface area contributed by atoms with Crippen molar-refractivity contribution in [3.63, 3.8) is 0 Å². The van der Waals surface area contributed by atoms with E-state index in [0.29, 0.717) is 5.75 Å². The zero-order valence-corrected chi connectivity index (χ0v) is 9.33. The van der Waals surface area contributed by atoms with Crippen LogP contribution in [0.1, 0.15) is 20.7 Å². The second-order valence-corrected chi connectivity index (χ2v) is 3.54. The first kappa shape index (κ1) is 11.9. The van der Waals surface area contributed by atoms with Crippen molar-refractivity contribution >= 4 is 11.9 Å². The maximum Gasteiger partial charge on any atom is 0.344 e. The molecule has 4 heteroatoms. The highest BCUT2D eigenvalue weighted by molar-refractivity contribution is 6.02. The number of carboxylic acid groups (broad SMARTS) is 1. The van der Waals surface area contributed by atoms with Gasteiger partial charge in [-0.15, -0.1) is 0 Å². The normalized spacial score (nSPS) is 9.78. The number of rotatable bonds is 3. The molecule has 18 heavy (non-hydrogen) atoms. The molecule has 0 aliphatic carbocycles. The van der Waals surface area contributed by atoms with Crippen LogP contribution < -0.4 is 9.84 Å². The van der Waals surface area contributed by atoms with E-state index in [1.807, 2.05) is 0 Å². The minimum Gasteiger partial charge on any atom is -0.545 e. The van der Waals surface area contributed by atoms with Gasteiger partial charge in [0.25, 0.3) is 0 Å². The number of aromatic carboxylic acids is 1. The molecule has 0 aliphatic heterocycles. The highest BCUT2D eigenvalue weighted by atomic mass is 16.5. The van der Waals surface area contributed by atoms with Gasteiger partial charge in [-0.1, -0.05) is 36.4 Å². The Morgan fingerprint density at radius 1 is 0.833 bits per heavy atom. The lowest BCUT2D eigenvalue weighted by atomic mass is 10.1. The third kappa shape index (κ3) is 2.55. The summed E-state index contributed by atoms with van der Waals surface area (Å²) >= 11 is 0. The molecule has 90 valence electrons. The zero-order valence-electron chi connectivity index (χ0n) is 9.33. The third-order valence-corrected chi connectivity index (χ3v) is 2.32. The van der Waals surface area contributed by atoms with Gasteiger partial charge >= 0.3 is 5.97 Å². The Hall–Kier alpha value is -2.62. The fraction of sp³-hybridized carbons (Fsp3) is 0. The van der Waals surface area contributed by atoms with Gasteiger partial charge in [0.05, 0.1) is 11.5 Å². The van der Waals surface area contributed by atoms with Gasteiger partial charge in [0.2, 0.25) is 0 Å². The lowest BCUT2D eigenvalue weighted by Crippen LogP contribution is -2.25. The Morgan fingerprint density at radius 2 is 1.39 bits per heavy atom. The summed E-state index contributed by atoms with van der Waals surface area (Å²) in [5, 5.41) is 10.9. The largest absolute Gasteiger partial charge is 0.545 e. The van der Waals surface area contributed by atoms with Gasteiger partial charge in [-0.2, -0.15) is 0 Å². The lowest BCUT2D eigenvalue weighted by molar-refractivity contribution is -0.255. The van der Waals surface area contributed by atoms with E-state index >= 15 is 0 Å². The summed E-state index contributed by atoms with van der Waals surface area (Å²) in [4.78, 5) is 22.7. The lowest BCUT2D eigenvalue weighted by Gasteiger charge is -2.09. The second kappa shape index (κ2) is 5.14. The molecule has 2 rings (SSSR count). The van der Waals surface area contributed by atoms with Crippen LogP contribution >= 0.6 is 0 Å². The van der Waals surface area contributed by atoms with E-state index in [1.54, 1.807) is 36.4 Å². The molecule has 2 aromatic rings. The highest BCUT2D eigenvalue weighted by Crippen LogP contribution is 2.14. The molecule has 0 aromatic heterocycles. The van der Waals surface area contributed by atoms with Crippen molar-refractivity contribution in [1.29, 1.82) is 0 Å². The number of carboxylic acids is 1. The topological polar surface area (TPSA) is 66.4 Å². The first-order valence-electron chi connectivity index (χ1n) is 5.26. The molecule has 0 radical (unpaired) electrons. The van der Waals surface area contributed by atoms with Crippen molar-refractivity contribution in [2.24, 2.45) is 0 Å². The van der Waals surface area contributed by atoms with Gasteiger partial charge < -0.3 is 14.6 Å². The SMILES string of the molecule is O=C([O-])c1ccccc1C(=O)Oc1ccccc1. The number of hydrogen-bond donors (Lipinski definition) is 0. The number of ether oxygens (including phenoxy) is 1. The average Bonchev–Trinajstić information content (AvgIpc) is 2.40. The first-order valence-corrected chi connectivity index (χ1v) is 5.26. The van der Waals surface area contributed by atoms with E-state index in [2.05, 4.69) is 0 Å². The van der Waals surface area contributed by atoms with E-state index in [0.717, 1.165) is 0 Å². The summed E-state index contributed by atoms with van der Waals surface area (Å²) in [7, 11) is 0. The van der Waals surface area contributed by atoms with Crippen molar-refractivity contribution in [3.8, 4) is 5.75 Å². The molecule has 0 unspecified atom stereocenters. The standard InChI is InChI=1S/C14H10O4/c15-13(16)11-8-4-5-9-12(11)14(17)18-10-6-2-1-3-7-10/h1-9H,(H,15,16)/p-1. The molecule has 4 nitrogen and oxygen atoms in total. The maximum atomic E-state index is 11.8. The van der Waals surface area contributed by atoms with Crippen LogP contribution in [0.3, 0.4) is 0 Å². The molecular formula is C14H9O4-. The van der Waals surface area contributed by atoms with Crippen LogP contribution in [0, 0.1) is 0 Å². The van der Waals surface area contributed by atoms with E-state index in [1.165, 1.54) is 18.2 Å². The van der Waals surface area contributed by atoms with Crippen molar-refractivity contribution in [3.05, 3.63) is 65.7 Å². The fourth-order valence-electron chi connectivity index (χ4n) is 1.49. The van der Waals surface area contributed by atoms with Crippen LogP contribution in [0.2, 0.25) is 0 Å². The second-order valence-electron chi connectivity index (χ2n) is 3.54. The Bertz CT molecular complexity index is 575. The summed E-state index contributed by atoms with van der Waals surface area (Å²) in [6.07, 6.45) is 0. The molecule has 0 amide bonds. The third-order valence-electron chi connectivity index (χ3n) is 2.32. The van der Waals surface area contributed by atoms with Crippen molar-refractivity contribution in [2.75, 3.05) is 0 Å². The van der Waals surface area contributed by atoms with Crippen LogP contribution in [-0.4, -0.2) is 11.9 Å². The van der Waals surface area contributed by atoms with E-state index in [4.69, 9.17) is 4.74 Å². The Labute approximate surface area is 103 Å². The van der Waals surface area contributed by atoms with Crippen LogP contribution in [-0.2, 0) is 0 Å². The minimum absolute atomic E-state index is 0.0265. The predicted molar refractivity (Wildman–Crippen MR) is 62.2 cm³/mol. The molecule has 0 saturated carbocycles. The molecule has 0 N–H and O–H groups in total. The molecule has 0 aliphatic rings. The quantitative estimate of drug-likeness (QED) is 0.599. The van der Waals surface area contributed by atoms with Crippen molar-refractivity contribution < 1.29 is 19.4 Å². The van der Waals surface area contributed by atoms with Crippen LogP contribution in [0.25, 0.3) is 0 Å². The molecule has 2 aromatic carbocycles. The van der Waals surface area contributed by atoms with Crippen molar-refractivity contribution in [1.82, 2.24) is 0 Å². The average molecular weight is 241 g/mol. The maximum absolute atomic E-state index is 11.8. The molecule has 0 heterocycles. The molecule has 0 atom stereocenters. The number of hydrogen-bond acceptors (Lipinski definition) is 4.